The zero-order valence-electron chi connectivity index (χ0n) is 23.2. The molecule has 41 heavy (non-hydrogen) atoms. The van der Waals surface area contributed by atoms with Crippen molar-refractivity contribution in [3.63, 3.8) is 0 Å². The van der Waals surface area contributed by atoms with Gasteiger partial charge in [-0.15, -0.1) is 0 Å². The van der Waals surface area contributed by atoms with Crippen LogP contribution < -0.4 is 14.5 Å². The lowest BCUT2D eigenvalue weighted by molar-refractivity contribution is -0.158. The largest absolute Gasteiger partial charge is 0.493 e. The molecule has 0 radical (unpaired) electrons. The molecule has 12 heteroatoms. The summed E-state index contributed by atoms with van der Waals surface area (Å²) in [6, 6.07) is 11.4. The maximum atomic E-state index is 13.5. The van der Waals surface area contributed by atoms with Gasteiger partial charge in [0.1, 0.15) is 16.9 Å². The summed E-state index contributed by atoms with van der Waals surface area (Å²) in [5, 5.41) is 9.09. The third-order valence-electron chi connectivity index (χ3n) is 5.82. The number of thiocarbonyl (C=S) groups is 1. The summed E-state index contributed by atoms with van der Waals surface area (Å²) in [7, 11) is 0. The molecule has 0 unspecified atom stereocenters. The average Bonchev–Trinajstić information content (AvgIpc) is 3.05. The first-order valence-electron chi connectivity index (χ1n) is 12.6. The first-order chi connectivity index (χ1) is 19.1. The van der Waals surface area contributed by atoms with Gasteiger partial charge >= 0.3 is 12.1 Å². The Morgan fingerprint density at radius 2 is 1.73 bits per heavy atom. The minimum absolute atomic E-state index is 0.00280. The highest BCUT2D eigenvalue weighted by atomic mass is 32.1. The van der Waals surface area contributed by atoms with E-state index in [1.165, 1.54) is 18.4 Å². The number of carbonyl (C=O) groups is 2. The van der Waals surface area contributed by atoms with Crippen molar-refractivity contribution in [2.45, 2.75) is 58.4 Å². The van der Waals surface area contributed by atoms with Crippen molar-refractivity contribution in [3.05, 3.63) is 65.9 Å². The second-order valence-corrected chi connectivity index (χ2v) is 10.9. The minimum atomic E-state index is -4.78. The van der Waals surface area contributed by atoms with Crippen LogP contribution in [0.15, 0.2) is 54.8 Å². The lowest BCUT2D eigenvalue weighted by Gasteiger charge is -2.29. The molecule has 0 aromatic heterocycles. The second kappa shape index (κ2) is 12.2. The van der Waals surface area contributed by atoms with Gasteiger partial charge in [-0.05, 0) is 95.4 Å². The Morgan fingerprint density at radius 3 is 2.32 bits per heavy atom. The number of hydrogen-bond acceptors (Lipinski definition) is 7. The number of halogens is 3. The van der Waals surface area contributed by atoms with E-state index in [9.17, 15) is 22.8 Å². The highest BCUT2D eigenvalue weighted by molar-refractivity contribution is 7.81. The van der Waals surface area contributed by atoms with E-state index in [-0.39, 0.29) is 17.4 Å². The first kappa shape index (κ1) is 31.4. The van der Waals surface area contributed by atoms with Crippen molar-refractivity contribution in [2.75, 3.05) is 23.0 Å². The molecule has 218 valence electrons. The fourth-order valence-electron chi connectivity index (χ4n) is 4.02. The van der Waals surface area contributed by atoms with Crippen LogP contribution in [-0.2, 0) is 25.2 Å². The van der Waals surface area contributed by atoms with Gasteiger partial charge in [0, 0.05) is 12.1 Å². The molecule has 0 atom stereocenters. The van der Waals surface area contributed by atoms with Crippen molar-refractivity contribution in [1.29, 1.82) is 5.26 Å². The Hall–Kier alpha value is -4.11. The molecule has 3 rings (SSSR count). The van der Waals surface area contributed by atoms with Crippen molar-refractivity contribution < 1.29 is 37.0 Å². The van der Waals surface area contributed by atoms with Gasteiger partial charge in [-0.25, -0.2) is 4.79 Å². The molecule has 0 saturated carbocycles. The van der Waals surface area contributed by atoms with Gasteiger partial charge in [0.05, 0.1) is 35.8 Å². The van der Waals surface area contributed by atoms with Crippen LogP contribution in [0.25, 0.3) is 0 Å². The average molecular weight is 590 g/mol. The lowest BCUT2D eigenvalue weighted by Crippen LogP contribution is -2.44. The topological polar surface area (TPSA) is 92.1 Å². The monoisotopic (exact) mass is 589 g/mol. The summed E-state index contributed by atoms with van der Waals surface area (Å²) in [5.74, 6) is -0.432. The molecule has 1 fully saturated rings. The Bertz CT molecular complexity index is 1380. The van der Waals surface area contributed by atoms with E-state index in [1.54, 1.807) is 69.9 Å². The second-order valence-electron chi connectivity index (χ2n) is 10.6. The summed E-state index contributed by atoms with van der Waals surface area (Å²) in [5.41, 5.74) is -3.00. The molecule has 1 aliphatic rings. The highest BCUT2D eigenvalue weighted by Gasteiger charge is 2.50. The van der Waals surface area contributed by atoms with E-state index in [2.05, 4.69) is 0 Å². The van der Waals surface area contributed by atoms with Gasteiger partial charge < -0.3 is 19.1 Å². The zero-order valence-corrected chi connectivity index (χ0v) is 24.1. The van der Waals surface area contributed by atoms with E-state index in [0.29, 0.717) is 24.5 Å². The molecule has 1 amide bonds. The van der Waals surface area contributed by atoms with Crippen LogP contribution in [0.4, 0.5) is 24.5 Å². The van der Waals surface area contributed by atoms with Crippen molar-refractivity contribution in [3.8, 4) is 11.8 Å². The van der Waals surface area contributed by atoms with Gasteiger partial charge in [-0.2, -0.15) is 18.4 Å². The smallest absolute Gasteiger partial charge is 0.417 e. The quantitative estimate of drug-likeness (QED) is 0.149. The molecule has 8 nitrogen and oxygen atoms in total. The number of alkyl halides is 3. The number of ether oxygens (including phenoxy) is 3. The van der Waals surface area contributed by atoms with Crippen molar-refractivity contribution in [2.24, 2.45) is 0 Å². The number of carbonyl (C=O) groups excluding carboxylic acids is 2. The Morgan fingerprint density at radius 1 is 1.10 bits per heavy atom. The van der Waals surface area contributed by atoms with Gasteiger partial charge in [0.25, 0.3) is 5.91 Å². The van der Waals surface area contributed by atoms with E-state index in [0.717, 1.165) is 17.0 Å². The number of hydrogen-bond donors (Lipinski definition) is 0. The third kappa shape index (κ3) is 7.55. The number of rotatable bonds is 9. The number of anilines is 2. The fraction of sp³-hybridized carbons (Fsp3) is 0.379. The van der Waals surface area contributed by atoms with E-state index >= 15 is 0 Å². The number of nitrogens with zero attached hydrogens (tertiary/aromatic N) is 3. The number of amides is 1. The SMILES string of the molecule is CC(C)(C)OC(=O)COC=CCCOc1ccc(N2C(=S)N(c3ccc(C#N)c(C(F)(F)F)c3)C(=O)C2(C)C)cc1. The third-order valence-corrected chi connectivity index (χ3v) is 6.18. The van der Waals surface area contributed by atoms with Crippen LogP contribution in [0, 0.1) is 11.3 Å². The van der Waals surface area contributed by atoms with E-state index < -0.39 is 40.3 Å². The molecule has 2 aromatic rings. The molecule has 1 saturated heterocycles. The van der Waals surface area contributed by atoms with Crippen LogP contribution in [-0.4, -0.2) is 41.3 Å². The molecule has 0 spiro atoms. The molecule has 1 aliphatic heterocycles. The number of benzene rings is 2. The summed E-state index contributed by atoms with van der Waals surface area (Å²) >= 11 is 5.55. The molecule has 0 N–H and O–H groups in total. The fourth-order valence-corrected chi connectivity index (χ4v) is 4.54. The van der Waals surface area contributed by atoms with E-state index in [1.807, 2.05) is 0 Å². The highest BCUT2D eigenvalue weighted by Crippen LogP contribution is 2.39. The molecular weight excluding hydrogens is 559 g/mol. The Labute approximate surface area is 241 Å². The number of nitriles is 1. The van der Waals surface area contributed by atoms with Crippen LogP contribution in [0.5, 0.6) is 5.75 Å². The van der Waals surface area contributed by atoms with Crippen molar-refractivity contribution in [1.82, 2.24) is 0 Å². The van der Waals surface area contributed by atoms with Gasteiger partial charge in [0.15, 0.2) is 11.7 Å². The molecule has 1 heterocycles. The predicted molar refractivity (Wildman–Crippen MR) is 150 cm³/mol. The Kier molecular flexibility index (Phi) is 9.33. The molecule has 0 bridgehead atoms. The summed E-state index contributed by atoms with van der Waals surface area (Å²) < 4.78 is 56.6. The molecule has 2 aromatic carbocycles. The minimum Gasteiger partial charge on any atom is -0.493 e. The van der Waals surface area contributed by atoms with Gasteiger partial charge in [0.2, 0.25) is 0 Å². The lowest BCUT2D eigenvalue weighted by atomic mass is 10.0. The first-order valence-corrected chi connectivity index (χ1v) is 13.0. The van der Waals surface area contributed by atoms with Gasteiger partial charge in [-0.3, -0.25) is 9.69 Å². The molecular formula is C29H30F3N3O5S. The van der Waals surface area contributed by atoms with Crippen molar-refractivity contribution >= 4 is 40.6 Å². The Balaban J connectivity index is 1.64. The van der Waals surface area contributed by atoms with Crippen LogP contribution >= 0.6 is 12.2 Å². The van der Waals surface area contributed by atoms with Crippen LogP contribution in [0.2, 0.25) is 0 Å². The maximum absolute atomic E-state index is 13.5. The summed E-state index contributed by atoms with van der Waals surface area (Å²) in [6.45, 7) is 8.69. The zero-order chi connectivity index (χ0) is 30.6. The van der Waals surface area contributed by atoms with Crippen LogP contribution in [0.1, 0.15) is 52.2 Å². The molecule has 0 aliphatic carbocycles. The predicted octanol–water partition coefficient (Wildman–Crippen LogP) is 6.13. The maximum Gasteiger partial charge on any atom is 0.417 e. The van der Waals surface area contributed by atoms with Gasteiger partial charge in [-0.1, -0.05) is 0 Å². The summed E-state index contributed by atoms with van der Waals surface area (Å²) in [4.78, 5) is 27.6. The van der Waals surface area contributed by atoms with Crippen LogP contribution in [0.3, 0.4) is 0 Å². The summed E-state index contributed by atoms with van der Waals surface area (Å²) in [6.07, 6.45) is -1.16. The normalized spacial score (nSPS) is 15.3. The standard InChI is InChI=1S/C29H30F3N3O5S/c1-27(2,3)40-24(36)18-38-14-6-7-15-39-22-12-10-20(11-13-22)35-26(41)34(25(37)28(35,4)5)21-9-8-19(17-33)23(16-21)29(30,31)32/h6,8-14,16H,7,15,18H2,1-5H3. The number of esters is 1. The van der Waals surface area contributed by atoms with E-state index in [4.69, 9.17) is 31.7 Å².